The Morgan fingerprint density at radius 1 is 1.38 bits per heavy atom. The number of hydrogen-bond donors (Lipinski definition) is 3. The Labute approximate surface area is 133 Å². The van der Waals surface area contributed by atoms with Gasteiger partial charge in [0.25, 0.3) is 0 Å². The van der Waals surface area contributed by atoms with Gasteiger partial charge in [-0.25, -0.2) is 4.79 Å². The highest BCUT2D eigenvalue weighted by atomic mass is 16.5. The van der Waals surface area contributed by atoms with Gasteiger partial charge in [0.2, 0.25) is 0 Å². The zero-order valence-corrected chi connectivity index (χ0v) is 11.4. The molecule has 21 heavy (non-hydrogen) atoms. The van der Waals surface area contributed by atoms with Crippen molar-refractivity contribution in [1.82, 2.24) is 5.32 Å². The van der Waals surface area contributed by atoms with Crippen molar-refractivity contribution in [2.75, 3.05) is 19.8 Å². The summed E-state index contributed by atoms with van der Waals surface area (Å²) in [6, 6.07) is 4.80. The predicted molar refractivity (Wildman–Crippen MR) is 78.4 cm³/mol. The van der Waals surface area contributed by atoms with Crippen LogP contribution < -0.4 is 10.1 Å². The molecule has 0 bridgehead atoms. The summed E-state index contributed by atoms with van der Waals surface area (Å²) in [5, 5.41) is 20.7. The molecule has 0 aliphatic heterocycles. The second-order valence-electron chi connectivity index (χ2n) is 4.34. The Balaban J connectivity index is 2.43. The zero-order chi connectivity index (χ0) is 20.7. The fourth-order valence-electron chi connectivity index (χ4n) is 1.44. The molecule has 1 aromatic carbocycles. The molecular formula is C15H23NO5. The summed E-state index contributed by atoms with van der Waals surface area (Å²) in [6.45, 7) is -6.16. The van der Waals surface area contributed by atoms with Gasteiger partial charge in [0.1, 0.15) is 25.1 Å². The Morgan fingerprint density at radius 3 is 2.71 bits per heavy atom. The van der Waals surface area contributed by atoms with E-state index in [9.17, 15) is 9.90 Å². The number of carboxylic acids is 1. The number of aliphatic hydroxyl groups excluding tert-OH is 1. The largest absolute Gasteiger partial charge is 0.491 e. The smallest absolute Gasteiger partial charge is 0.329 e. The Hall–Kier alpha value is -1.63. The van der Waals surface area contributed by atoms with Crippen molar-refractivity contribution < 1.29 is 32.7 Å². The highest BCUT2D eigenvalue weighted by Crippen LogP contribution is 2.13. The van der Waals surface area contributed by atoms with Gasteiger partial charge in [-0.2, -0.15) is 0 Å². The van der Waals surface area contributed by atoms with Crippen molar-refractivity contribution in [2.24, 2.45) is 0 Å². The molecule has 0 amide bonds. The lowest BCUT2D eigenvalue weighted by Gasteiger charge is -2.15. The average Bonchev–Trinajstić information content (AvgIpc) is 2.51. The van der Waals surface area contributed by atoms with Crippen LogP contribution in [0.2, 0.25) is 0 Å². The molecule has 0 aliphatic carbocycles. The monoisotopic (exact) mass is 303 g/mol. The van der Waals surface area contributed by atoms with Gasteiger partial charge in [-0.15, -0.1) is 0 Å². The van der Waals surface area contributed by atoms with Crippen LogP contribution in [0.4, 0.5) is 0 Å². The summed E-state index contributed by atoms with van der Waals surface area (Å²) in [5.41, 5.74) is 0.740. The second-order valence-corrected chi connectivity index (χ2v) is 4.34. The van der Waals surface area contributed by atoms with Gasteiger partial charge in [0, 0.05) is 20.8 Å². The molecule has 1 unspecified atom stereocenters. The number of aliphatic carboxylic acids is 1. The first-order chi connectivity index (χ1) is 12.4. The number of benzene rings is 1. The van der Waals surface area contributed by atoms with E-state index in [4.69, 9.17) is 22.8 Å². The van der Waals surface area contributed by atoms with E-state index in [1.165, 1.54) is 0 Å². The predicted octanol–water partition coefficient (Wildman–Crippen LogP) is 1.03. The number of hydrogen-bond acceptors (Lipinski definition) is 5. The topological polar surface area (TPSA) is 88.0 Å². The highest BCUT2D eigenvalue weighted by molar-refractivity contribution is 5.67. The molecule has 1 rings (SSSR count). The molecule has 3 N–H and O–H groups in total. The van der Waals surface area contributed by atoms with E-state index in [1.54, 1.807) is 24.3 Å². The van der Waals surface area contributed by atoms with Crippen molar-refractivity contribution in [1.29, 1.82) is 0 Å². The summed E-state index contributed by atoms with van der Waals surface area (Å²) < 4.78 is 53.9. The van der Waals surface area contributed by atoms with Gasteiger partial charge in [-0.1, -0.05) is 25.8 Å². The van der Waals surface area contributed by atoms with Gasteiger partial charge < -0.3 is 25.0 Å². The summed E-state index contributed by atoms with van der Waals surface area (Å²) in [7, 11) is 0. The third kappa shape index (κ3) is 8.29. The molecule has 0 aliphatic rings. The number of nitrogens with one attached hydrogen (secondary N) is 1. The Kier molecular flexibility index (Phi) is 4.51. The van der Waals surface area contributed by atoms with Crippen molar-refractivity contribution in [3.63, 3.8) is 0 Å². The minimum Gasteiger partial charge on any atom is -0.491 e. The van der Waals surface area contributed by atoms with E-state index in [2.05, 4.69) is 5.32 Å². The number of carboxylic acid groups (broad SMARTS) is 1. The molecule has 1 aromatic rings. The van der Waals surface area contributed by atoms with Crippen LogP contribution in [0.5, 0.6) is 5.75 Å². The fraction of sp³-hybridized carbons (Fsp3) is 0.533. The van der Waals surface area contributed by atoms with E-state index in [1.807, 2.05) is 0 Å². The lowest BCUT2D eigenvalue weighted by molar-refractivity contribution is -0.142. The Morgan fingerprint density at radius 2 is 2.10 bits per heavy atom. The number of aliphatic hydroxyl groups is 1. The lowest BCUT2D eigenvalue weighted by Crippen LogP contribution is -2.35. The average molecular weight is 303 g/mol. The van der Waals surface area contributed by atoms with Crippen LogP contribution in [0.3, 0.4) is 0 Å². The van der Waals surface area contributed by atoms with Crippen LogP contribution in [0.1, 0.15) is 27.5 Å². The highest BCUT2D eigenvalue weighted by Gasteiger charge is 2.06. The standard InChI is InChI=1S/C15H23NO5/c1-11(2)16-7-13(17)9-21-14-5-3-12(4-6-14)8-20-10-15(18)19/h3-6,11,13,16-17H,7-10H2,1-2H3,(H,18,19)/i1D3,2D3. The maximum atomic E-state index is 10.4. The van der Waals surface area contributed by atoms with Crippen molar-refractivity contribution in [2.45, 2.75) is 32.5 Å². The molecule has 0 aromatic heterocycles. The minimum atomic E-state index is -2.73. The van der Waals surface area contributed by atoms with Crippen molar-refractivity contribution >= 4 is 5.97 Å². The molecule has 0 saturated heterocycles. The van der Waals surface area contributed by atoms with Crippen LogP contribution in [0.25, 0.3) is 0 Å². The Bertz CT molecular complexity index is 576. The maximum absolute atomic E-state index is 10.4. The molecule has 118 valence electrons. The van der Waals surface area contributed by atoms with Gasteiger partial charge in [-0.3, -0.25) is 0 Å². The van der Waals surface area contributed by atoms with E-state index in [0.717, 1.165) is 5.56 Å². The lowest BCUT2D eigenvalue weighted by atomic mass is 10.2. The maximum Gasteiger partial charge on any atom is 0.329 e. The summed E-state index contributed by atoms with van der Waals surface area (Å²) >= 11 is 0. The first-order valence-electron chi connectivity index (χ1n) is 9.32. The van der Waals surface area contributed by atoms with Crippen molar-refractivity contribution in [3.05, 3.63) is 29.8 Å². The van der Waals surface area contributed by atoms with Crippen LogP contribution in [-0.4, -0.2) is 48.1 Å². The molecule has 0 spiro atoms. The SMILES string of the molecule is [2H]C([2H])([2H])C(NCC(O)COc1ccc(COCC(=O)O)cc1)C([2H])([2H])[2H]. The van der Waals surface area contributed by atoms with Gasteiger partial charge >= 0.3 is 5.97 Å². The molecule has 0 radical (unpaired) electrons. The third-order valence-electron chi connectivity index (χ3n) is 2.42. The van der Waals surface area contributed by atoms with E-state index < -0.39 is 38.4 Å². The van der Waals surface area contributed by atoms with Crippen LogP contribution >= 0.6 is 0 Å². The minimum absolute atomic E-state index is 0.130. The summed E-state index contributed by atoms with van der Waals surface area (Å²) in [6.07, 6.45) is -1.12. The number of ether oxygens (including phenoxy) is 2. The number of carbonyl (C=O) groups is 1. The molecule has 0 heterocycles. The molecule has 1 atom stereocenters. The third-order valence-corrected chi connectivity index (χ3v) is 2.42. The van der Waals surface area contributed by atoms with E-state index in [0.29, 0.717) is 5.75 Å². The summed E-state index contributed by atoms with van der Waals surface area (Å²) in [5.74, 6) is -0.629. The molecule has 0 saturated carbocycles. The van der Waals surface area contributed by atoms with Gasteiger partial charge in [-0.05, 0) is 17.7 Å². The molecule has 0 fully saturated rings. The van der Waals surface area contributed by atoms with Gasteiger partial charge in [0.05, 0.1) is 6.61 Å². The fourth-order valence-corrected chi connectivity index (χ4v) is 1.44. The number of rotatable bonds is 10. The summed E-state index contributed by atoms with van der Waals surface area (Å²) in [4.78, 5) is 10.4. The van der Waals surface area contributed by atoms with Crippen LogP contribution in [0, 0.1) is 0 Å². The first kappa shape index (κ1) is 10.2. The normalized spacial score (nSPS) is 17.8. The molecule has 6 heteroatoms. The van der Waals surface area contributed by atoms with Crippen LogP contribution in [-0.2, 0) is 16.1 Å². The van der Waals surface area contributed by atoms with E-state index in [-0.39, 0.29) is 19.8 Å². The van der Waals surface area contributed by atoms with E-state index >= 15 is 0 Å². The van der Waals surface area contributed by atoms with Gasteiger partial charge in [0.15, 0.2) is 0 Å². The second kappa shape index (κ2) is 9.33. The zero-order valence-electron chi connectivity index (χ0n) is 17.4. The first-order valence-corrected chi connectivity index (χ1v) is 6.32. The van der Waals surface area contributed by atoms with Crippen LogP contribution in [0.15, 0.2) is 24.3 Å². The molecule has 6 nitrogen and oxygen atoms in total. The van der Waals surface area contributed by atoms with Crippen molar-refractivity contribution in [3.8, 4) is 5.75 Å². The molecular weight excluding hydrogens is 274 g/mol. The quantitative estimate of drug-likeness (QED) is 0.598.